The molecule has 0 rings (SSSR count). The molecule has 3 N–H and O–H groups in total. The SMILES string of the molecule is CCCCCCCCCCCCCCCCCCCCCC/C=C/C(O)C(CO)NC(=O)CCCCCCCCCCCCCCCC. The van der Waals surface area contributed by atoms with Crippen LogP contribution in [0.4, 0.5) is 0 Å². The summed E-state index contributed by atoms with van der Waals surface area (Å²) in [7, 11) is 0. The number of carbonyl (C=O) groups is 1. The van der Waals surface area contributed by atoms with Crippen molar-refractivity contribution < 1.29 is 15.0 Å². The number of aliphatic hydroxyl groups excluding tert-OH is 2. The molecule has 0 aromatic carbocycles. The molecule has 0 aliphatic rings. The largest absolute Gasteiger partial charge is 0.394 e. The fourth-order valence-corrected chi connectivity index (χ4v) is 6.89. The maximum atomic E-state index is 12.3. The second-order valence-electron chi connectivity index (χ2n) is 15.1. The van der Waals surface area contributed by atoms with Gasteiger partial charge in [0.15, 0.2) is 0 Å². The van der Waals surface area contributed by atoms with Crippen molar-refractivity contribution in [2.24, 2.45) is 0 Å². The van der Waals surface area contributed by atoms with Crippen molar-refractivity contribution in [1.29, 1.82) is 0 Å². The lowest BCUT2D eigenvalue weighted by Crippen LogP contribution is -2.45. The third kappa shape index (κ3) is 36.4. The Hall–Kier alpha value is -0.870. The smallest absolute Gasteiger partial charge is 0.220 e. The summed E-state index contributed by atoms with van der Waals surface area (Å²) in [4.78, 5) is 12.3. The van der Waals surface area contributed by atoms with E-state index in [1.54, 1.807) is 6.08 Å². The average Bonchev–Trinajstić information content (AvgIpc) is 3.09. The van der Waals surface area contributed by atoms with Crippen LogP contribution in [-0.2, 0) is 4.79 Å². The lowest BCUT2D eigenvalue weighted by Gasteiger charge is -2.20. The molecule has 2 atom stereocenters. The molecule has 0 aromatic rings. The van der Waals surface area contributed by atoms with E-state index in [4.69, 9.17) is 0 Å². The van der Waals surface area contributed by atoms with E-state index in [1.165, 1.54) is 199 Å². The number of unbranched alkanes of at least 4 members (excludes halogenated alkanes) is 33. The molecule has 4 heteroatoms. The number of nitrogens with one attached hydrogen (secondary N) is 1. The summed E-state index contributed by atoms with van der Waals surface area (Å²) in [5, 5.41) is 23.0. The van der Waals surface area contributed by atoms with Gasteiger partial charge in [-0.2, -0.15) is 0 Å². The van der Waals surface area contributed by atoms with E-state index in [-0.39, 0.29) is 12.5 Å². The number of allylic oxidation sites excluding steroid dienone is 1. The number of amides is 1. The second-order valence-corrected chi connectivity index (χ2v) is 15.1. The fourth-order valence-electron chi connectivity index (χ4n) is 6.89. The Morgan fingerprint density at radius 2 is 0.771 bits per heavy atom. The first-order valence-electron chi connectivity index (χ1n) is 21.9. The summed E-state index contributed by atoms with van der Waals surface area (Å²) in [6.45, 7) is 4.32. The van der Waals surface area contributed by atoms with Crippen molar-refractivity contribution in [1.82, 2.24) is 5.32 Å². The maximum absolute atomic E-state index is 12.3. The first-order valence-corrected chi connectivity index (χ1v) is 21.9. The molecular weight excluding hydrogens is 590 g/mol. The van der Waals surface area contributed by atoms with Crippen molar-refractivity contribution in [2.75, 3.05) is 6.61 Å². The van der Waals surface area contributed by atoms with Gasteiger partial charge in [-0.3, -0.25) is 4.79 Å². The van der Waals surface area contributed by atoms with Gasteiger partial charge in [0, 0.05) is 6.42 Å². The summed E-state index contributed by atoms with van der Waals surface area (Å²) in [5.41, 5.74) is 0. The van der Waals surface area contributed by atoms with Crippen LogP contribution >= 0.6 is 0 Å². The summed E-state index contributed by atoms with van der Waals surface area (Å²) in [6.07, 6.45) is 50.3. The lowest BCUT2D eigenvalue weighted by molar-refractivity contribution is -0.123. The average molecular weight is 678 g/mol. The Bertz CT molecular complexity index is 651. The van der Waals surface area contributed by atoms with Crippen LogP contribution in [0, 0.1) is 0 Å². The quantitative estimate of drug-likeness (QED) is 0.0446. The minimum atomic E-state index is -0.833. The van der Waals surface area contributed by atoms with E-state index < -0.39 is 12.1 Å². The highest BCUT2D eigenvalue weighted by Gasteiger charge is 2.17. The van der Waals surface area contributed by atoms with Gasteiger partial charge in [0.05, 0.1) is 18.8 Å². The van der Waals surface area contributed by atoms with Crippen LogP contribution in [0.5, 0.6) is 0 Å². The highest BCUT2D eigenvalue weighted by atomic mass is 16.3. The van der Waals surface area contributed by atoms with Gasteiger partial charge in [-0.15, -0.1) is 0 Å². The van der Waals surface area contributed by atoms with Crippen molar-refractivity contribution in [3.8, 4) is 0 Å². The van der Waals surface area contributed by atoms with Crippen LogP contribution in [0.1, 0.15) is 245 Å². The molecule has 2 unspecified atom stereocenters. The molecule has 4 nitrogen and oxygen atoms in total. The number of hydrogen-bond donors (Lipinski definition) is 3. The summed E-state index contributed by atoms with van der Waals surface area (Å²) >= 11 is 0. The predicted molar refractivity (Wildman–Crippen MR) is 212 cm³/mol. The zero-order valence-corrected chi connectivity index (χ0v) is 32.8. The van der Waals surface area contributed by atoms with Crippen molar-refractivity contribution in [3.63, 3.8) is 0 Å². The van der Waals surface area contributed by atoms with Gasteiger partial charge >= 0.3 is 0 Å². The molecule has 0 aromatic heterocycles. The Labute approximate surface area is 301 Å². The topological polar surface area (TPSA) is 69.6 Å². The predicted octanol–water partition coefficient (Wildman–Crippen LogP) is 13.5. The molecule has 0 aliphatic heterocycles. The monoisotopic (exact) mass is 678 g/mol. The Morgan fingerprint density at radius 1 is 0.479 bits per heavy atom. The summed E-state index contributed by atoms with van der Waals surface area (Å²) in [5.74, 6) is -0.0606. The van der Waals surface area contributed by atoms with Crippen LogP contribution < -0.4 is 5.32 Å². The molecular formula is C44H87NO3. The maximum Gasteiger partial charge on any atom is 0.220 e. The second kappa shape index (κ2) is 40.6. The molecule has 286 valence electrons. The van der Waals surface area contributed by atoms with Gasteiger partial charge in [-0.25, -0.2) is 0 Å². The fraction of sp³-hybridized carbons (Fsp3) is 0.932. The van der Waals surface area contributed by atoms with Crippen LogP contribution in [0.2, 0.25) is 0 Å². The number of hydrogen-bond acceptors (Lipinski definition) is 3. The molecule has 0 heterocycles. The zero-order chi connectivity index (χ0) is 35.0. The third-order valence-electron chi connectivity index (χ3n) is 10.3. The minimum Gasteiger partial charge on any atom is -0.394 e. The van der Waals surface area contributed by atoms with Gasteiger partial charge in [-0.1, -0.05) is 231 Å². The van der Waals surface area contributed by atoms with E-state index in [1.807, 2.05) is 6.08 Å². The third-order valence-corrected chi connectivity index (χ3v) is 10.3. The van der Waals surface area contributed by atoms with E-state index in [0.29, 0.717) is 6.42 Å². The van der Waals surface area contributed by atoms with Gasteiger partial charge in [-0.05, 0) is 19.3 Å². The molecule has 0 saturated carbocycles. The number of carbonyl (C=O) groups excluding carboxylic acids is 1. The molecule has 0 saturated heterocycles. The van der Waals surface area contributed by atoms with Crippen molar-refractivity contribution in [2.45, 2.75) is 257 Å². The summed E-state index contributed by atoms with van der Waals surface area (Å²) < 4.78 is 0. The van der Waals surface area contributed by atoms with Crippen molar-refractivity contribution in [3.05, 3.63) is 12.2 Å². The van der Waals surface area contributed by atoms with Crippen LogP contribution in [0.15, 0.2) is 12.2 Å². The van der Waals surface area contributed by atoms with Gasteiger partial charge < -0.3 is 15.5 Å². The molecule has 0 spiro atoms. The van der Waals surface area contributed by atoms with E-state index >= 15 is 0 Å². The zero-order valence-electron chi connectivity index (χ0n) is 32.8. The van der Waals surface area contributed by atoms with Crippen LogP contribution in [-0.4, -0.2) is 34.9 Å². The lowest BCUT2D eigenvalue weighted by atomic mass is 10.0. The van der Waals surface area contributed by atoms with E-state index in [0.717, 1.165) is 25.7 Å². The Morgan fingerprint density at radius 3 is 1.08 bits per heavy atom. The first kappa shape index (κ1) is 47.1. The molecule has 0 fully saturated rings. The molecule has 1 amide bonds. The highest BCUT2D eigenvalue weighted by Crippen LogP contribution is 2.16. The minimum absolute atomic E-state index is 0.0606. The normalized spacial score (nSPS) is 13.0. The van der Waals surface area contributed by atoms with E-state index in [2.05, 4.69) is 19.2 Å². The van der Waals surface area contributed by atoms with Crippen LogP contribution in [0.25, 0.3) is 0 Å². The molecule has 0 aliphatic carbocycles. The van der Waals surface area contributed by atoms with Crippen molar-refractivity contribution >= 4 is 5.91 Å². The first-order chi connectivity index (χ1) is 23.7. The molecule has 48 heavy (non-hydrogen) atoms. The van der Waals surface area contributed by atoms with Gasteiger partial charge in [0.1, 0.15) is 0 Å². The van der Waals surface area contributed by atoms with Crippen LogP contribution in [0.3, 0.4) is 0 Å². The number of rotatable bonds is 40. The summed E-state index contributed by atoms with van der Waals surface area (Å²) in [6, 6.07) is -0.615. The Kier molecular flexibility index (Phi) is 39.8. The highest BCUT2D eigenvalue weighted by molar-refractivity contribution is 5.76. The Balaban J connectivity index is 3.52. The standard InChI is InChI=1S/C44H87NO3/c1-3-5-7-9-11-13-15-17-19-20-21-22-23-24-25-26-27-29-31-33-35-37-39-43(47)42(41-46)45-44(48)40-38-36-34-32-30-28-18-16-14-12-10-8-6-4-2/h37,39,42-43,46-47H,3-36,38,40-41H2,1-2H3,(H,45,48)/b39-37+. The molecule has 0 radical (unpaired) electrons. The molecule has 0 bridgehead atoms. The van der Waals surface area contributed by atoms with Gasteiger partial charge in [0.25, 0.3) is 0 Å². The van der Waals surface area contributed by atoms with E-state index in [9.17, 15) is 15.0 Å². The number of aliphatic hydroxyl groups is 2. The van der Waals surface area contributed by atoms with Gasteiger partial charge in [0.2, 0.25) is 5.91 Å².